The molecule has 0 spiro atoms. The number of anilines is 1. The van der Waals surface area contributed by atoms with Crippen molar-refractivity contribution in [2.24, 2.45) is 0 Å². The number of hydrogen-bond donors (Lipinski definition) is 1. The van der Waals surface area contributed by atoms with Crippen molar-refractivity contribution in [1.82, 2.24) is 10.2 Å². The fraction of sp³-hybridized carbons (Fsp3) is 0.355. The third-order valence-corrected chi connectivity index (χ3v) is 8.19. The lowest BCUT2D eigenvalue weighted by atomic mass is 10.0. The largest absolute Gasteiger partial charge is 0.352 e. The molecule has 1 atom stereocenters. The molecule has 220 valence electrons. The van der Waals surface area contributed by atoms with Crippen LogP contribution >= 0.6 is 23.2 Å². The Balaban J connectivity index is 1.90. The van der Waals surface area contributed by atoms with Gasteiger partial charge < -0.3 is 10.2 Å². The van der Waals surface area contributed by atoms with E-state index in [-0.39, 0.29) is 43.8 Å². The van der Waals surface area contributed by atoms with Crippen molar-refractivity contribution < 1.29 is 18.0 Å². The van der Waals surface area contributed by atoms with E-state index in [1.165, 1.54) is 4.31 Å². The smallest absolute Gasteiger partial charge is 0.243 e. The van der Waals surface area contributed by atoms with Gasteiger partial charge in [0.25, 0.3) is 0 Å². The summed E-state index contributed by atoms with van der Waals surface area (Å²) in [5.74, 6) is -0.521. The van der Waals surface area contributed by atoms with Crippen molar-refractivity contribution in [3.05, 3.63) is 99.5 Å². The zero-order valence-corrected chi connectivity index (χ0v) is 26.1. The zero-order chi connectivity index (χ0) is 30.2. The highest BCUT2D eigenvalue weighted by molar-refractivity contribution is 7.92. The van der Waals surface area contributed by atoms with Gasteiger partial charge in [-0.1, -0.05) is 71.7 Å². The maximum atomic E-state index is 13.9. The molecule has 1 N–H and O–H groups in total. The number of amides is 2. The van der Waals surface area contributed by atoms with Gasteiger partial charge in [0, 0.05) is 42.0 Å². The van der Waals surface area contributed by atoms with Gasteiger partial charge in [-0.15, -0.1) is 0 Å². The molecule has 0 saturated heterocycles. The number of halogens is 2. The van der Waals surface area contributed by atoms with E-state index >= 15 is 0 Å². The van der Waals surface area contributed by atoms with Crippen LogP contribution in [0.5, 0.6) is 0 Å². The van der Waals surface area contributed by atoms with Crippen LogP contribution in [0.15, 0.2) is 72.8 Å². The first kappa shape index (κ1) is 32.4. The summed E-state index contributed by atoms with van der Waals surface area (Å²) in [4.78, 5) is 28.9. The molecule has 3 aromatic rings. The molecule has 10 heteroatoms. The molecule has 0 fully saturated rings. The highest BCUT2D eigenvalue weighted by Gasteiger charge is 2.31. The predicted molar refractivity (Wildman–Crippen MR) is 167 cm³/mol. The van der Waals surface area contributed by atoms with Gasteiger partial charge in [0.1, 0.15) is 6.04 Å². The Morgan fingerprint density at radius 2 is 1.56 bits per heavy atom. The van der Waals surface area contributed by atoms with E-state index in [0.717, 1.165) is 22.9 Å². The number of carbonyl (C=O) groups is 2. The Labute approximate surface area is 253 Å². The molecule has 0 aliphatic rings. The van der Waals surface area contributed by atoms with Gasteiger partial charge >= 0.3 is 0 Å². The standard InChI is InChI=1S/C31H37Cl2N3O4S/c1-22(2)34-31(38)29(19-24-10-6-5-7-11-24)35(21-25-12-8-13-26(32)18-25)30(37)14-9-17-36(41(4,39)40)28-20-27(33)16-15-23(28)3/h5-8,10-13,15-16,18,20,22,29H,9,14,17,19,21H2,1-4H3,(H,34,38). The van der Waals surface area contributed by atoms with Gasteiger partial charge in [0.2, 0.25) is 21.8 Å². The summed E-state index contributed by atoms with van der Waals surface area (Å²) < 4.78 is 26.7. The number of rotatable bonds is 13. The molecule has 2 amide bonds. The summed E-state index contributed by atoms with van der Waals surface area (Å²) in [6.45, 7) is 5.81. The number of nitrogens with zero attached hydrogens (tertiary/aromatic N) is 2. The highest BCUT2D eigenvalue weighted by atomic mass is 35.5. The Hall–Kier alpha value is -3.07. The van der Waals surface area contributed by atoms with Crippen LogP contribution in [0.4, 0.5) is 5.69 Å². The Morgan fingerprint density at radius 3 is 2.20 bits per heavy atom. The van der Waals surface area contributed by atoms with Crippen molar-refractivity contribution in [2.75, 3.05) is 17.1 Å². The van der Waals surface area contributed by atoms with Crippen LogP contribution < -0.4 is 9.62 Å². The summed E-state index contributed by atoms with van der Waals surface area (Å²) in [5, 5.41) is 3.91. The van der Waals surface area contributed by atoms with Crippen LogP contribution in [0, 0.1) is 6.92 Å². The maximum Gasteiger partial charge on any atom is 0.243 e. The molecule has 41 heavy (non-hydrogen) atoms. The maximum absolute atomic E-state index is 13.9. The summed E-state index contributed by atoms with van der Waals surface area (Å²) in [7, 11) is -3.64. The normalized spacial score (nSPS) is 12.2. The topological polar surface area (TPSA) is 86.8 Å². The van der Waals surface area contributed by atoms with E-state index in [9.17, 15) is 18.0 Å². The molecule has 0 saturated carbocycles. The number of sulfonamides is 1. The van der Waals surface area contributed by atoms with Crippen LogP contribution in [0.1, 0.15) is 43.4 Å². The summed E-state index contributed by atoms with van der Waals surface area (Å²) in [5.41, 5.74) is 2.93. The SMILES string of the molecule is Cc1ccc(Cl)cc1N(CCCC(=O)N(Cc1cccc(Cl)c1)C(Cc1ccccc1)C(=O)NC(C)C)S(C)(=O)=O. The van der Waals surface area contributed by atoms with E-state index in [1.54, 1.807) is 41.3 Å². The fourth-order valence-corrected chi connectivity index (χ4v) is 5.99. The van der Waals surface area contributed by atoms with Crippen molar-refractivity contribution in [3.8, 4) is 0 Å². The van der Waals surface area contributed by atoms with Crippen molar-refractivity contribution >= 4 is 50.7 Å². The number of nitrogens with one attached hydrogen (secondary N) is 1. The second-order valence-corrected chi connectivity index (χ2v) is 13.2. The highest BCUT2D eigenvalue weighted by Crippen LogP contribution is 2.27. The molecule has 0 bridgehead atoms. The van der Waals surface area contributed by atoms with Crippen molar-refractivity contribution in [2.45, 2.75) is 58.7 Å². The lowest BCUT2D eigenvalue weighted by Crippen LogP contribution is -2.51. The molecular weight excluding hydrogens is 581 g/mol. The molecule has 7 nitrogen and oxygen atoms in total. The van der Waals surface area contributed by atoms with E-state index < -0.39 is 16.1 Å². The van der Waals surface area contributed by atoms with Crippen LogP contribution in [-0.2, 0) is 32.6 Å². The van der Waals surface area contributed by atoms with Crippen molar-refractivity contribution in [3.63, 3.8) is 0 Å². The number of carbonyl (C=O) groups excluding carboxylic acids is 2. The minimum atomic E-state index is -3.64. The second kappa shape index (κ2) is 14.7. The molecule has 3 rings (SSSR count). The molecule has 1 unspecified atom stereocenters. The lowest BCUT2D eigenvalue weighted by molar-refractivity contribution is -0.141. The minimum Gasteiger partial charge on any atom is -0.352 e. The first-order valence-electron chi connectivity index (χ1n) is 13.5. The first-order chi connectivity index (χ1) is 19.3. The van der Waals surface area contributed by atoms with E-state index in [2.05, 4.69) is 5.32 Å². The first-order valence-corrected chi connectivity index (χ1v) is 16.1. The van der Waals surface area contributed by atoms with Crippen LogP contribution in [0.3, 0.4) is 0 Å². The molecule has 0 aromatic heterocycles. The average molecular weight is 619 g/mol. The number of hydrogen-bond acceptors (Lipinski definition) is 4. The lowest BCUT2D eigenvalue weighted by Gasteiger charge is -2.32. The van der Waals surface area contributed by atoms with Crippen LogP contribution in [0.25, 0.3) is 0 Å². The average Bonchev–Trinajstić information content (AvgIpc) is 2.89. The molecular formula is C31H37Cl2N3O4S. The van der Waals surface area contributed by atoms with Crippen LogP contribution in [-0.4, -0.2) is 50.0 Å². The Bertz CT molecular complexity index is 1450. The van der Waals surface area contributed by atoms with Crippen molar-refractivity contribution in [1.29, 1.82) is 0 Å². The molecule has 3 aromatic carbocycles. The van der Waals surface area contributed by atoms with Gasteiger partial charge in [0.05, 0.1) is 11.9 Å². The minimum absolute atomic E-state index is 0.0342. The third kappa shape index (κ3) is 9.76. The molecule has 0 aliphatic heterocycles. The van der Waals surface area contributed by atoms with Gasteiger partial charge in [-0.3, -0.25) is 13.9 Å². The molecule has 0 heterocycles. The molecule has 0 radical (unpaired) electrons. The summed E-state index contributed by atoms with van der Waals surface area (Å²) in [6.07, 6.45) is 1.73. The Morgan fingerprint density at radius 1 is 0.902 bits per heavy atom. The zero-order valence-electron chi connectivity index (χ0n) is 23.8. The summed E-state index contributed by atoms with van der Waals surface area (Å²) >= 11 is 12.4. The second-order valence-electron chi connectivity index (χ2n) is 10.4. The third-order valence-electron chi connectivity index (χ3n) is 6.54. The van der Waals surface area contributed by atoms with E-state index in [0.29, 0.717) is 22.2 Å². The van der Waals surface area contributed by atoms with Gasteiger partial charge in [-0.25, -0.2) is 8.42 Å². The van der Waals surface area contributed by atoms with Gasteiger partial charge in [-0.05, 0) is 68.1 Å². The molecule has 0 aliphatic carbocycles. The van der Waals surface area contributed by atoms with E-state index in [4.69, 9.17) is 23.2 Å². The van der Waals surface area contributed by atoms with Gasteiger partial charge in [-0.2, -0.15) is 0 Å². The fourth-order valence-electron chi connectivity index (χ4n) is 4.60. The predicted octanol–water partition coefficient (Wildman–Crippen LogP) is 6.01. The Kier molecular flexibility index (Phi) is 11.6. The quantitative estimate of drug-likeness (QED) is 0.254. The monoisotopic (exact) mass is 617 g/mol. The number of aryl methyl sites for hydroxylation is 1. The van der Waals surface area contributed by atoms with Crippen LogP contribution in [0.2, 0.25) is 10.0 Å². The van der Waals surface area contributed by atoms with Gasteiger partial charge in [0.15, 0.2) is 0 Å². The summed E-state index contributed by atoms with van der Waals surface area (Å²) in [6, 6.07) is 20.9. The van der Waals surface area contributed by atoms with E-state index in [1.807, 2.05) is 57.2 Å². The number of benzene rings is 3.